The van der Waals surface area contributed by atoms with Gasteiger partial charge in [0.2, 0.25) is 11.8 Å². The maximum Gasteiger partial charge on any atom is 0.318 e. The van der Waals surface area contributed by atoms with E-state index in [1.54, 1.807) is 23.5 Å². The zero-order valence-electron chi connectivity index (χ0n) is 34.0. The van der Waals surface area contributed by atoms with Crippen LogP contribution in [-0.4, -0.2) is 125 Å². The first kappa shape index (κ1) is 39.9. The number of aromatic amines is 1. The summed E-state index contributed by atoms with van der Waals surface area (Å²) in [5.74, 6) is -0.429. The zero-order valence-corrected chi connectivity index (χ0v) is 34.0. The van der Waals surface area contributed by atoms with Crippen LogP contribution in [0.4, 0.5) is 10.5 Å². The van der Waals surface area contributed by atoms with E-state index < -0.39 is 12.1 Å². The van der Waals surface area contributed by atoms with E-state index in [0.717, 1.165) is 71.0 Å². The summed E-state index contributed by atoms with van der Waals surface area (Å²) in [7, 11) is 0. The van der Waals surface area contributed by atoms with Gasteiger partial charge in [0.1, 0.15) is 12.1 Å². The van der Waals surface area contributed by atoms with Gasteiger partial charge in [0.15, 0.2) is 0 Å². The number of H-pyrrole nitrogens is 1. The number of amides is 5. The Bertz CT molecular complexity index is 2330. The number of carbonyl (C=O) groups is 4. The molecule has 2 aromatic heterocycles. The summed E-state index contributed by atoms with van der Waals surface area (Å²) in [5.41, 5.74) is 5.43. The molecule has 4 aliphatic rings. The molecule has 5 amide bonds. The average molecular weight is 799 g/mol. The van der Waals surface area contributed by atoms with Gasteiger partial charge in [-0.1, -0.05) is 36.8 Å². The van der Waals surface area contributed by atoms with Gasteiger partial charge in [-0.05, 0) is 106 Å². The van der Waals surface area contributed by atoms with Gasteiger partial charge < -0.3 is 30.2 Å². The van der Waals surface area contributed by atoms with Gasteiger partial charge in [-0.2, -0.15) is 5.10 Å². The highest BCUT2D eigenvalue weighted by Crippen LogP contribution is 2.26. The number of anilines is 1. The number of likely N-dealkylation sites (tertiary alicyclic amines) is 2. The molecule has 0 spiro atoms. The topological polar surface area (TPSA) is 159 Å². The van der Waals surface area contributed by atoms with Gasteiger partial charge >= 0.3 is 6.03 Å². The Morgan fingerprint density at radius 2 is 1.63 bits per heavy atom. The van der Waals surface area contributed by atoms with Crippen molar-refractivity contribution in [2.75, 3.05) is 63.8 Å². The summed E-state index contributed by atoms with van der Waals surface area (Å²) in [5, 5.41) is 16.0. The van der Waals surface area contributed by atoms with Crippen molar-refractivity contribution in [1.29, 1.82) is 0 Å². The Kier molecular flexibility index (Phi) is 12.1. The largest absolute Gasteiger partial charge is 0.368 e. The Labute approximate surface area is 344 Å². The van der Waals surface area contributed by atoms with Crippen molar-refractivity contribution in [1.82, 2.24) is 40.5 Å². The van der Waals surface area contributed by atoms with Crippen molar-refractivity contribution in [3.63, 3.8) is 0 Å². The number of piperazine rings is 1. The fourth-order valence-electron chi connectivity index (χ4n) is 9.04. The van der Waals surface area contributed by atoms with Gasteiger partial charge in [0, 0.05) is 79.9 Å². The van der Waals surface area contributed by atoms with Crippen molar-refractivity contribution in [3.8, 4) is 0 Å². The predicted molar refractivity (Wildman–Crippen MR) is 226 cm³/mol. The Balaban J connectivity index is 0.998. The molecule has 3 saturated heterocycles. The maximum atomic E-state index is 14.6. The number of aryl methyl sites for hydroxylation is 1. The SMILES string of the molecule is CCN1CCC(C[C@H](NC(=O)[C@@H](Cc2cc(C)c3[nH]ncc3c2)NC(=O)N2CCC(=C3C=c4ccccc4=NC3=O)CC2)C(=O)N2CCN(c3ccncc3)CC2)CC1. The first-order valence-corrected chi connectivity index (χ1v) is 21.1. The summed E-state index contributed by atoms with van der Waals surface area (Å²) < 4.78 is 0. The van der Waals surface area contributed by atoms with Crippen LogP contribution in [0.1, 0.15) is 50.2 Å². The minimum Gasteiger partial charge on any atom is -0.368 e. The van der Waals surface area contributed by atoms with E-state index >= 15 is 0 Å². The van der Waals surface area contributed by atoms with E-state index in [4.69, 9.17) is 0 Å². The molecule has 14 heteroatoms. The third-order valence-corrected chi connectivity index (χ3v) is 12.5. The zero-order chi connectivity index (χ0) is 40.9. The van der Waals surface area contributed by atoms with Gasteiger partial charge in [-0.3, -0.25) is 24.5 Å². The van der Waals surface area contributed by atoms with Gasteiger partial charge in [0.05, 0.1) is 17.1 Å². The molecule has 0 saturated carbocycles. The second-order valence-corrected chi connectivity index (χ2v) is 16.3. The molecule has 3 N–H and O–H groups in total. The molecule has 4 aliphatic heterocycles. The first-order valence-electron chi connectivity index (χ1n) is 21.1. The normalized spacial score (nSPS) is 18.8. The van der Waals surface area contributed by atoms with Crippen LogP contribution in [0.15, 0.2) is 83.3 Å². The van der Waals surface area contributed by atoms with E-state index in [2.05, 4.69) is 47.5 Å². The van der Waals surface area contributed by atoms with Crippen LogP contribution in [0.5, 0.6) is 0 Å². The highest BCUT2D eigenvalue weighted by Gasteiger charge is 2.35. The Hall–Kier alpha value is -5.89. The highest BCUT2D eigenvalue weighted by molar-refractivity contribution is 6.04. The van der Waals surface area contributed by atoms with Gasteiger partial charge in [-0.15, -0.1) is 0 Å². The Morgan fingerprint density at radius 1 is 0.881 bits per heavy atom. The molecule has 6 heterocycles. The lowest BCUT2D eigenvalue weighted by Gasteiger charge is -2.39. The molecule has 14 nitrogen and oxygen atoms in total. The summed E-state index contributed by atoms with van der Waals surface area (Å²) in [4.78, 5) is 72.8. The molecule has 2 aromatic carbocycles. The number of hydrogen-bond acceptors (Lipinski definition) is 8. The van der Waals surface area contributed by atoms with Crippen LogP contribution in [0.3, 0.4) is 0 Å². The molecule has 0 aliphatic carbocycles. The number of carbonyl (C=O) groups excluding carboxylic acids is 4. The number of fused-ring (bicyclic) bond motifs is 2. The average Bonchev–Trinajstić information content (AvgIpc) is 3.76. The van der Waals surface area contributed by atoms with E-state index in [0.29, 0.717) is 69.5 Å². The first-order chi connectivity index (χ1) is 28.7. The summed E-state index contributed by atoms with van der Waals surface area (Å²) in [6, 6.07) is 13.5. The number of piperidine rings is 2. The molecule has 308 valence electrons. The molecule has 8 rings (SSSR count). The number of nitrogens with one attached hydrogen (secondary N) is 3. The van der Waals surface area contributed by atoms with Gasteiger partial charge in [-0.25, -0.2) is 9.79 Å². The lowest BCUT2D eigenvalue weighted by atomic mass is 9.89. The number of pyridine rings is 1. The molecule has 0 radical (unpaired) electrons. The number of aromatic nitrogens is 3. The van der Waals surface area contributed by atoms with Crippen LogP contribution in [0.25, 0.3) is 17.0 Å². The van der Waals surface area contributed by atoms with Crippen LogP contribution in [0, 0.1) is 12.8 Å². The van der Waals surface area contributed by atoms with Crippen molar-refractivity contribution < 1.29 is 19.2 Å². The smallest absolute Gasteiger partial charge is 0.318 e. The molecule has 0 unspecified atom stereocenters. The highest BCUT2D eigenvalue weighted by atomic mass is 16.2. The van der Waals surface area contributed by atoms with E-state index in [1.165, 1.54) is 0 Å². The molecule has 59 heavy (non-hydrogen) atoms. The fourth-order valence-corrected chi connectivity index (χ4v) is 9.04. The molecule has 4 aromatic rings. The van der Waals surface area contributed by atoms with Crippen LogP contribution in [-0.2, 0) is 20.8 Å². The predicted octanol–water partition coefficient (Wildman–Crippen LogP) is 2.88. The van der Waals surface area contributed by atoms with E-state index in [-0.39, 0.29) is 36.1 Å². The van der Waals surface area contributed by atoms with E-state index in [9.17, 15) is 19.2 Å². The standard InChI is InChI=1S/C45H54N10O4/c1-3-52-16-10-31(11-17-52)26-40(44(58)54-22-20-53(21-23-54)36-8-14-46-15-9-36)49-43(57)39(27-32-24-30(2)41-35(25-32)29-47-51-41)50-45(59)55-18-12-33(13-19-55)37-28-34-6-4-5-7-38(34)48-42(37)56/h4-9,14-15,24-25,28-29,31,39-40H,3,10-13,16-23,26-27H2,1-2H3,(H,47,51)(H,49,57)(H,50,59)/t39-,40+/m1/s1. The molecule has 2 atom stereocenters. The summed E-state index contributed by atoms with van der Waals surface area (Å²) in [6.45, 7) is 10.3. The summed E-state index contributed by atoms with van der Waals surface area (Å²) in [6.07, 6.45) is 11.0. The molecule has 0 bridgehead atoms. The fraction of sp³-hybridized carbons (Fsp3) is 0.444. The lowest BCUT2D eigenvalue weighted by Crippen LogP contribution is -2.59. The van der Waals surface area contributed by atoms with E-state index in [1.807, 2.05) is 66.4 Å². The van der Waals surface area contributed by atoms with Crippen LogP contribution < -0.4 is 26.1 Å². The number of para-hydroxylation sites is 1. The van der Waals surface area contributed by atoms with Crippen molar-refractivity contribution in [3.05, 3.63) is 100.0 Å². The minimum atomic E-state index is -0.949. The minimum absolute atomic E-state index is 0.0774. The third kappa shape index (κ3) is 9.22. The lowest BCUT2D eigenvalue weighted by molar-refractivity contribution is -0.137. The number of benzene rings is 2. The number of hydrogen-bond donors (Lipinski definition) is 3. The molecule has 3 fully saturated rings. The Morgan fingerprint density at radius 3 is 2.37 bits per heavy atom. The second-order valence-electron chi connectivity index (χ2n) is 16.3. The van der Waals surface area contributed by atoms with Crippen LogP contribution in [0.2, 0.25) is 0 Å². The maximum absolute atomic E-state index is 14.6. The van der Waals surface area contributed by atoms with Crippen LogP contribution >= 0.6 is 0 Å². The summed E-state index contributed by atoms with van der Waals surface area (Å²) >= 11 is 0. The second kappa shape index (κ2) is 17.9. The van der Waals surface area contributed by atoms with Crippen molar-refractivity contribution in [2.24, 2.45) is 10.9 Å². The molecular formula is C45H54N10O4. The number of nitrogens with zero attached hydrogens (tertiary/aromatic N) is 7. The van der Waals surface area contributed by atoms with Crippen molar-refractivity contribution >= 4 is 46.4 Å². The molecular weight excluding hydrogens is 745 g/mol. The number of urea groups is 1. The van der Waals surface area contributed by atoms with Gasteiger partial charge in [0.25, 0.3) is 5.91 Å². The van der Waals surface area contributed by atoms with Crippen molar-refractivity contribution in [2.45, 2.75) is 64.5 Å². The monoisotopic (exact) mass is 798 g/mol. The third-order valence-electron chi connectivity index (χ3n) is 12.5. The number of rotatable bonds is 10. The quantitative estimate of drug-likeness (QED) is 0.207.